The lowest BCUT2D eigenvalue weighted by Crippen LogP contribution is -2.49. The Morgan fingerprint density at radius 1 is 1.12 bits per heavy atom. The minimum Gasteiger partial charge on any atom is -0.507 e. The molecule has 0 spiro atoms. The zero-order valence-corrected chi connectivity index (χ0v) is 18.3. The molecule has 3 atom stereocenters. The minimum absolute atomic E-state index is 0.00504. The van der Waals surface area contributed by atoms with Crippen LogP contribution in [0.15, 0.2) is 24.4 Å². The highest BCUT2D eigenvalue weighted by atomic mass is 19.1. The summed E-state index contributed by atoms with van der Waals surface area (Å²) in [6.07, 6.45) is 6.56. The maximum atomic E-state index is 15.3. The summed E-state index contributed by atoms with van der Waals surface area (Å²) in [6, 6.07) is 5.18. The summed E-state index contributed by atoms with van der Waals surface area (Å²) in [7, 11) is 1.68. The number of alkyl halides is 1. The Hall–Kier alpha value is -3.17. The Morgan fingerprint density at radius 2 is 1.97 bits per heavy atom. The van der Waals surface area contributed by atoms with Gasteiger partial charge in [0.25, 0.3) is 0 Å². The third-order valence-electron chi connectivity index (χ3n) is 6.53. The average Bonchev–Trinajstić information content (AvgIpc) is 3.54. The summed E-state index contributed by atoms with van der Waals surface area (Å²) in [5.41, 5.74) is 1.10. The van der Waals surface area contributed by atoms with Gasteiger partial charge >= 0.3 is 0 Å². The highest BCUT2D eigenvalue weighted by Crippen LogP contribution is 2.40. The molecule has 0 radical (unpaired) electrons. The number of aromatic nitrogens is 7. The van der Waals surface area contributed by atoms with Gasteiger partial charge in [0.15, 0.2) is 11.6 Å². The van der Waals surface area contributed by atoms with Crippen molar-refractivity contribution in [1.82, 2.24) is 35.4 Å². The van der Waals surface area contributed by atoms with E-state index in [1.54, 1.807) is 31.4 Å². The number of aryl methyl sites for hydroxylation is 1. The van der Waals surface area contributed by atoms with Crippen LogP contribution in [-0.4, -0.2) is 58.8 Å². The molecule has 168 valence electrons. The number of anilines is 1. The normalized spacial score (nSPS) is 23.3. The van der Waals surface area contributed by atoms with Gasteiger partial charge in [-0.3, -0.25) is 0 Å². The number of benzene rings is 1. The summed E-state index contributed by atoms with van der Waals surface area (Å²) < 4.78 is 15.3. The van der Waals surface area contributed by atoms with Crippen LogP contribution in [0.5, 0.6) is 5.75 Å². The predicted molar refractivity (Wildman–Crippen MR) is 117 cm³/mol. The van der Waals surface area contributed by atoms with Gasteiger partial charge in [-0.25, -0.2) is 9.37 Å². The average molecular weight is 439 g/mol. The number of tetrazole rings is 1. The van der Waals surface area contributed by atoms with Crippen LogP contribution in [0.3, 0.4) is 0 Å². The first kappa shape index (κ1) is 20.7. The third-order valence-corrected chi connectivity index (χ3v) is 6.53. The Morgan fingerprint density at radius 3 is 2.59 bits per heavy atom. The third kappa shape index (κ3) is 3.89. The van der Waals surface area contributed by atoms with Crippen LogP contribution in [0, 0.1) is 5.92 Å². The van der Waals surface area contributed by atoms with E-state index in [0.29, 0.717) is 34.6 Å². The lowest BCUT2D eigenvalue weighted by Gasteiger charge is -2.40. The van der Waals surface area contributed by atoms with Gasteiger partial charge in [0, 0.05) is 11.6 Å². The molecule has 0 aliphatic heterocycles. The SMILES string of the molecule is CC[C@@H]1CCC[C@H](N(c2cnc(-c3ccc(-c4nnn(C)n4)cc3O)nn2)C2CC2)[C@@H]1F. The molecule has 10 heteroatoms. The van der Waals surface area contributed by atoms with Gasteiger partial charge < -0.3 is 10.0 Å². The molecule has 0 amide bonds. The molecule has 0 bridgehead atoms. The first-order valence-electron chi connectivity index (χ1n) is 11.2. The van der Waals surface area contributed by atoms with Crippen molar-refractivity contribution in [2.24, 2.45) is 13.0 Å². The topological polar surface area (TPSA) is 106 Å². The van der Waals surface area contributed by atoms with Crippen LogP contribution in [0.25, 0.3) is 22.8 Å². The van der Waals surface area contributed by atoms with Crippen molar-refractivity contribution < 1.29 is 9.50 Å². The molecule has 2 aliphatic rings. The number of hydrogen-bond acceptors (Lipinski definition) is 8. The summed E-state index contributed by atoms with van der Waals surface area (Å²) >= 11 is 0. The van der Waals surface area contributed by atoms with Gasteiger partial charge in [-0.2, -0.15) is 4.80 Å². The van der Waals surface area contributed by atoms with Crippen LogP contribution in [-0.2, 0) is 7.05 Å². The van der Waals surface area contributed by atoms with Gasteiger partial charge in [0.2, 0.25) is 5.82 Å². The summed E-state index contributed by atoms with van der Waals surface area (Å²) in [5, 5.41) is 31.1. The van der Waals surface area contributed by atoms with Crippen LogP contribution in [0.2, 0.25) is 0 Å². The Balaban J connectivity index is 1.39. The zero-order valence-electron chi connectivity index (χ0n) is 18.3. The van der Waals surface area contributed by atoms with Crippen LogP contribution >= 0.6 is 0 Å². The van der Waals surface area contributed by atoms with Crippen molar-refractivity contribution in [3.8, 4) is 28.5 Å². The number of rotatable bonds is 6. The molecule has 2 heterocycles. The van der Waals surface area contributed by atoms with Crippen molar-refractivity contribution in [2.75, 3.05) is 4.90 Å². The Labute approximate surface area is 185 Å². The molecule has 0 unspecified atom stereocenters. The number of aromatic hydroxyl groups is 1. The summed E-state index contributed by atoms with van der Waals surface area (Å²) in [5.74, 6) is 1.45. The highest BCUT2D eigenvalue weighted by Gasteiger charge is 2.42. The summed E-state index contributed by atoms with van der Waals surface area (Å²) in [4.78, 5) is 7.93. The maximum Gasteiger partial charge on any atom is 0.205 e. The van der Waals surface area contributed by atoms with E-state index in [1.807, 2.05) is 0 Å². The number of hydrogen-bond donors (Lipinski definition) is 1. The first-order chi connectivity index (χ1) is 15.5. The van der Waals surface area contributed by atoms with E-state index in [1.165, 1.54) is 4.80 Å². The molecule has 2 aliphatic carbocycles. The quantitative estimate of drug-likeness (QED) is 0.625. The van der Waals surface area contributed by atoms with Gasteiger partial charge in [-0.15, -0.1) is 20.4 Å². The second-order valence-corrected chi connectivity index (χ2v) is 8.72. The molecular formula is C22H27FN8O. The number of halogens is 1. The first-order valence-corrected chi connectivity index (χ1v) is 11.2. The Kier molecular flexibility index (Phi) is 5.44. The lowest BCUT2D eigenvalue weighted by molar-refractivity contribution is 0.130. The van der Waals surface area contributed by atoms with Crippen LogP contribution in [0.1, 0.15) is 45.4 Å². The maximum absolute atomic E-state index is 15.3. The van der Waals surface area contributed by atoms with Crippen molar-refractivity contribution in [3.63, 3.8) is 0 Å². The van der Waals surface area contributed by atoms with Gasteiger partial charge in [-0.1, -0.05) is 25.8 Å². The predicted octanol–water partition coefficient (Wildman–Crippen LogP) is 3.32. The largest absolute Gasteiger partial charge is 0.507 e. The molecule has 2 aromatic heterocycles. The molecule has 3 aromatic rings. The molecular weight excluding hydrogens is 411 g/mol. The standard InChI is InChI=1S/C22H27FN8O/c1-3-13-5-4-6-17(20(13)23)31(15-8-9-15)19-12-24-22(26-25-19)16-10-7-14(11-18(16)32)21-27-29-30(2)28-21/h7,10-13,15,17,20,32H,3-6,8-9H2,1-2H3/t13-,17+,20-/m1/s1. The van der Waals surface area contributed by atoms with E-state index in [4.69, 9.17) is 0 Å². The number of phenols is 1. The van der Waals surface area contributed by atoms with E-state index in [9.17, 15) is 5.11 Å². The second-order valence-electron chi connectivity index (χ2n) is 8.72. The number of phenolic OH excluding ortho intramolecular Hbond substituents is 1. The smallest absolute Gasteiger partial charge is 0.205 e. The molecule has 1 aromatic carbocycles. The monoisotopic (exact) mass is 438 g/mol. The highest BCUT2D eigenvalue weighted by molar-refractivity contribution is 5.69. The fraction of sp³-hybridized carbons (Fsp3) is 0.545. The van der Waals surface area contributed by atoms with E-state index < -0.39 is 6.17 Å². The number of nitrogens with zero attached hydrogens (tertiary/aromatic N) is 8. The van der Waals surface area contributed by atoms with Gasteiger partial charge in [0.1, 0.15) is 11.9 Å². The molecule has 9 nitrogen and oxygen atoms in total. The molecule has 2 saturated carbocycles. The molecule has 0 saturated heterocycles. The van der Waals surface area contributed by atoms with E-state index >= 15 is 4.39 Å². The van der Waals surface area contributed by atoms with E-state index in [2.05, 4.69) is 42.4 Å². The molecule has 2 fully saturated rings. The van der Waals surface area contributed by atoms with Crippen molar-refractivity contribution in [3.05, 3.63) is 24.4 Å². The summed E-state index contributed by atoms with van der Waals surface area (Å²) in [6.45, 7) is 2.06. The molecule has 1 N–H and O–H groups in total. The minimum atomic E-state index is -0.859. The van der Waals surface area contributed by atoms with Crippen molar-refractivity contribution in [1.29, 1.82) is 0 Å². The fourth-order valence-corrected chi connectivity index (χ4v) is 4.69. The second kappa shape index (κ2) is 8.40. The van der Waals surface area contributed by atoms with Crippen LogP contribution < -0.4 is 4.90 Å². The Bertz CT molecular complexity index is 1080. The molecule has 32 heavy (non-hydrogen) atoms. The fourth-order valence-electron chi connectivity index (χ4n) is 4.69. The van der Waals surface area contributed by atoms with Crippen LogP contribution in [0.4, 0.5) is 10.2 Å². The lowest BCUT2D eigenvalue weighted by atomic mass is 9.81. The van der Waals surface area contributed by atoms with E-state index in [-0.39, 0.29) is 17.7 Å². The van der Waals surface area contributed by atoms with Gasteiger partial charge in [0.05, 0.1) is 24.8 Å². The zero-order chi connectivity index (χ0) is 22.2. The molecule has 5 rings (SSSR count). The van der Waals surface area contributed by atoms with Crippen molar-refractivity contribution in [2.45, 2.75) is 63.7 Å². The van der Waals surface area contributed by atoms with Crippen molar-refractivity contribution >= 4 is 5.82 Å². The van der Waals surface area contributed by atoms with Gasteiger partial charge in [-0.05, 0) is 48.9 Å². The van der Waals surface area contributed by atoms with E-state index in [0.717, 1.165) is 38.5 Å².